The van der Waals surface area contributed by atoms with Crippen LogP contribution in [0.3, 0.4) is 0 Å². The average molecular weight is 321 g/mol. The molecule has 1 aromatic carbocycles. The summed E-state index contributed by atoms with van der Waals surface area (Å²) in [5, 5.41) is 29.1. The van der Waals surface area contributed by atoms with Crippen LogP contribution in [-0.2, 0) is 16.6 Å². The van der Waals surface area contributed by atoms with Gasteiger partial charge in [0.1, 0.15) is 6.07 Å². The predicted molar refractivity (Wildman–Crippen MR) is 89.5 cm³/mol. The number of aryl methyl sites for hydroxylation is 1. The van der Waals surface area contributed by atoms with E-state index in [9.17, 15) is 20.4 Å². The molecule has 0 saturated carbocycles. The van der Waals surface area contributed by atoms with Crippen LogP contribution in [0.2, 0.25) is 0 Å². The molecule has 0 spiro atoms. The maximum absolute atomic E-state index is 11.5. The van der Waals surface area contributed by atoms with E-state index in [0.29, 0.717) is 16.6 Å². The van der Waals surface area contributed by atoms with E-state index in [4.69, 9.17) is 0 Å². The fraction of sp³-hybridized carbons (Fsp3) is 0.421. The molecule has 2 aromatic rings. The molecule has 1 unspecified atom stereocenters. The molecule has 3 rings (SSSR count). The first-order valence-corrected chi connectivity index (χ1v) is 8.26. The van der Waals surface area contributed by atoms with Gasteiger partial charge in [-0.3, -0.25) is 4.79 Å². The van der Waals surface area contributed by atoms with E-state index in [0.717, 1.165) is 48.7 Å². The summed E-state index contributed by atoms with van der Waals surface area (Å²) in [6, 6.07) is 7.72. The fourth-order valence-corrected chi connectivity index (χ4v) is 4.27. The van der Waals surface area contributed by atoms with Crippen molar-refractivity contribution in [3.63, 3.8) is 0 Å². The molecule has 1 aliphatic carbocycles. The first kappa shape index (κ1) is 16.1. The summed E-state index contributed by atoms with van der Waals surface area (Å²) in [6.45, 7) is 2.06. The summed E-state index contributed by atoms with van der Waals surface area (Å²) in [4.78, 5) is 14.9. The number of carbonyl (C=O) groups is 1. The first-order valence-electron chi connectivity index (χ1n) is 8.26. The van der Waals surface area contributed by atoms with Gasteiger partial charge in [-0.15, -0.1) is 0 Å². The number of carboxylic acid groups (broad SMARTS) is 1. The summed E-state index contributed by atoms with van der Waals surface area (Å²) in [5.41, 5.74) is 3.23. The van der Waals surface area contributed by atoms with Crippen molar-refractivity contribution in [2.75, 3.05) is 0 Å². The standard InChI is InChI=1S/C19H19N3O2/c1-2-7-19(9-15(23)24)8-3-4-14-16-12(10-20)5-6-13(11-21)17(16)22-18(14)19/h5-6,22H,2-4,7-9H2,1H3,(H,23,24). The van der Waals surface area contributed by atoms with Crippen molar-refractivity contribution in [2.24, 2.45) is 0 Å². The molecule has 0 amide bonds. The summed E-state index contributed by atoms with van der Waals surface area (Å²) in [5.74, 6) is -0.809. The maximum Gasteiger partial charge on any atom is 0.304 e. The van der Waals surface area contributed by atoms with E-state index in [-0.39, 0.29) is 6.42 Å². The van der Waals surface area contributed by atoms with E-state index in [1.54, 1.807) is 12.1 Å². The molecular formula is C19H19N3O2. The number of H-pyrrole nitrogens is 1. The van der Waals surface area contributed by atoms with Crippen LogP contribution in [-0.4, -0.2) is 16.1 Å². The Hall–Kier alpha value is -2.79. The number of hydrogen-bond acceptors (Lipinski definition) is 3. The van der Waals surface area contributed by atoms with E-state index < -0.39 is 11.4 Å². The molecule has 1 aliphatic rings. The van der Waals surface area contributed by atoms with Gasteiger partial charge < -0.3 is 10.1 Å². The zero-order valence-electron chi connectivity index (χ0n) is 13.6. The number of rotatable bonds is 4. The normalized spacial score (nSPS) is 19.5. The van der Waals surface area contributed by atoms with Gasteiger partial charge in [-0.25, -0.2) is 0 Å². The lowest BCUT2D eigenvalue weighted by Crippen LogP contribution is -2.33. The van der Waals surface area contributed by atoms with Crippen LogP contribution in [0.15, 0.2) is 12.1 Å². The number of aromatic amines is 1. The molecule has 0 bridgehead atoms. The predicted octanol–water partition coefficient (Wildman–Crippen LogP) is 3.76. The van der Waals surface area contributed by atoms with Crippen molar-refractivity contribution in [3.8, 4) is 12.1 Å². The molecule has 0 aliphatic heterocycles. The molecule has 1 heterocycles. The van der Waals surface area contributed by atoms with E-state index >= 15 is 0 Å². The van der Waals surface area contributed by atoms with Crippen LogP contribution in [0.5, 0.6) is 0 Å². The Morgan fingerprint density at radius 2 is 2.04 bits per heavy atom. The molecule has 0 radical (unpaired) electrons. The van der Waals surface area contributed by atoms with Crippen molar-refractivity contribution in [1.29, 1.82) is 10.5 Å². The minimum atomic E-state index is -0.809. The number of aliphatic carboxylic acids is 1. The van der Waals surface area contributed by atoms with Crippen molar-refractivity contribution in [1.82, 2.24) is 4.98 Å². The Kier molecular flexibility index (Phi) is 4.03. The third kappa shape index (κ3) is 2.34. The number of aromatic nitrogens is 1. The quantitative estimate of drug-likeness (QED) is 0.895. The molecular weight excluding hydrogens is 302 g/mol. The lowest BCUT2D eigenvalue weighted by atomic mass is 9.68. The Labute approximate surface area is 140 Å². The van der Waals surface area contributed by atoms with Crippen LogP contribution >= 0.6 is 0 Å². The Balaban J connectivity index is 2.34. The number of nitrogens with one attached hydrogen (secondary N) is 1. The second-order valence-corrected chi connectivity index (χ2v) is 6.57. The van der Waals surface area contributed by atoms with Crippen LogP contribution in [0.1, 0.15) is 61.4 Å². The molecule has 5 heteroatoms. The van der Waals surface area contributed by atoms with Crippen molar-refractivity contribution < 1.29 is 9.90 Å². The smallest absolute Gasteiger partial charge is 0.304 e. The number of nitrogens with zero attached hydrogens (tertiary/aromatic N) is 2. The average Bonchev–Trinajstić information content (AvgIpc) is 2.95. The third-order valence-electron chi connectivity index (χ3n) is 5.13. The topological polar surface area (TPSA) is 101 Å². The number of hydrogen-bond donors (Lipinski definition) is 2. The van der Waals surface area contributed by atoms with Crippen LogP contribution in [0.25, 0.3) is 10.9 Å². The van der Waals surface area contributed by atoms with E-state index in [1.807, 2.05) is 0 Å². The van der Waals surface area contributed by atoms with Gasteiger partial charge >= 0.3 is 5.97 Å². The molecule has 0 fully saturated rings. The number of carboxylic acids is 1. The largest absolute Gasteiger partial charge is 0.481 e. The zero-order chi connectivity index (χ0) is 17.3. The molecule has 24 heavy (non-hydrogen) atoms. The molecule has 0 saturated heterocycles. The van der Waals surface area contributed by atoms with Crippen molar-refractivity contribution >= 4 is 16.9 Å². The van der Waals surface area contributed by atoms with Crippen molar-refractivity contribution in [2.45, 2.75) is 50.9 Å². The molecule has 1 aromatic heterocycles. The van der Waals surface area contributed by atoms with Gasteiger partial charge in [-0.2, -0.15) is 10.5 Å². The third-order valence-corrected chi connectivity index (χ3v) is 5.13. The Morgan fingerprint density at radius 3 is 2.67 bits per heavy atom. The Morgan fingerprint density at radius 1 is 1.33 bits per heavy atom. The molecule has 2 N–H and O–H groups in total. The molecule has 5 nitrogen and oxygen atoms in total. The SMILES string of the molecule is CCCC1(CC(=O)O)CCCc2c1[nH]c1c(C#N)ccc(C#N)c21. The van der Waals surface area contributed by atoms with E-state index in [1.165, 1.54) is 0 Å². The summed E-state index contributed by atoms with van der Waals surface area (Å²) >= 11 is 0. The highest BCUT2D eigenvalue weighted by molar-refractivity contribution is 5.94. The van der Waals surface area contributed by atoms with Crippen LogP contribution < -0.4 is 0 Å². The van der Waals surface area contributed by atoms with Gasteiger partial charge in [0.15, 0.2) is 0 Å². The van der Waals surface area contributed by atoms with Gasteiger partial charge in [0.25, 0.3) is 0 Å². The molecule has 1 atom stereocenters. The molecule has 122 valence electrons. The van der Waals surface area contributed by atoms with Gasteiger partial charge in [-0.05, 0) is 43.4 Å². The summed E-state index contributed by atoms with van der Waals surface area (Å²) in [6.07, 6.45) is 4.27. The second kappa shape index (κ2) is 6.02. The highest BCUT2D eigenvalue weighted by atomic mass is 16.4. The Bertz CT molecular complexity index is 898. The minimum Gasteiger partial charge on any atom is -0.481 e. The highest BCUT2D eigenvalue weighted by Gasteiger charge is 2.40. The number of nitriles is 2. The van der Waals surface area contributed by atoms with Gasteiger partial charge in [-0.1, -0.05) is 13.3 Å². The monoisotopic (exact) mass is 321 g/mol. The van der Waals surface area contributed by atoms with Gasteiger partial charge in [0.2, 0.25) is 0 Å². The minimum absolute atomic E-state index is 0.0738. The van der Waals surface area contributed by atoms with Gasteiger partial charge in [0, 0.05) is 16.5 Å². The summed E-state index contributed by atoms with van der Waals surface area (Å²) in [7, 11) is 0. The fourth-order valence-electron chi connectivity index (χ4n) is 4.27. The number of benzene rings is 1. The first-order chi connectivity index (χ1) is 11.6. The number of fused-ring (bicyclic) bond motifs is 3. The van der Waals surface area contributed by atoms with E-state index in [2.05, 4.69) is 24.0 Å². The lowest BCUT2D eigenvalue weighted by molar-refractivity contribution is -0.138. The lowest BCUT2D eigenvalue weighted by Gasteiger charge is -2.36. The maximum atomic E-state index is 11.5. The van der Waals surface area contributed by atoms with Crippen LogP contribution in [0, 0.1) is 22.7 Å². The zero-order valence-corrected chi connectivity index (χ0v) is 13.6. The summed E-state index contributed by atoms with van der Waals surface area (Å²) < 4.78 is 0. The second-order valence-electron chi connectivity index (χ2n) is 6.57. The highest BCUT2D eigenvalue weighted by Crippen LogP contribution is 2.46. The van der Waals surface area contributed by atoms with Crippen LogP contribution in [0.4, 0.5) is 0 Å². The van der Waals surface area contributed by atoms with Gasteiger partial charge in [0.05, 0.1) is 29.1 Å². The van der Waals surface area contributed by atoms with Crippen molar-refractivity contribution in [3.05, 3.63) is 34.5 Å².